The first-order chi connectivity index (χ1) is 5.11. The Labute approximate surface area is 64.2 Å². The second-order valence-corrected chi connectivity index (χ2v) is 2.74. The van der Waals surface area contributed by atoms with Crippen molar-refractivity contribution in [3.63, 3.8) is 0 Å². The summed E-state index contributed by atoms with van der Waals surface area (Å²) in [6.45, 7) is 3.46. The van der Waals surface area contributed by atoms with E-state index in [2.05, 4.69) is 10.2 Å². The van der Waals surface area contributed by atoms with E-state index in [1.54, 1.807) is 13.8 Å². The highest BCUT2D eigenvalue weighted by Gasteiger charge is 2.07. The number of H-pyrrole nitrogens is 2. The number of nitrogens with one attached hydrogen (secondary N) is 2. The number of aliphatic hydroxyl groups is 1. The van der Waals surface area contributed by atoms with Crippen LogP contribution in [0.4, 0.5) is 0 Å². The number of aromatic nitrogens is 2. The molecule has 1 atom stereocenters. The van der Waals surface area contributed by atoms with Gasteiger partial charge in [0.25, 0.3) is 5.56 Å². The van der Waals surface area contributed by atoms with Crippen LogP contribution in [0, 0.1) is 6.92 Å². The topological polar surface area (TPSA) is 68.9 Å². The van der Waals surface area contributed by atoms with Gasteiger partial charge in [-0.3, -0.25) is 9.89 Å². The molecule has 3 N–H and O–H groups in total. The summed E-state index contributed by atoms with van der Waals surface area (Å²) in [4.78, 5) is 11.0. The first kappa shape index (κ1) is 8.07. The minimum atomic E-state index is -0.467. The van der Waals surface area contributed by atoms with Gasteiger partial charge in [-0.05, 0) is 13.8 Å². The molecule has 0 saturated carbocycles. The fourth-order valence-corrected chi connectivity index (χ4v) is 1.01. The number of hydrogen-bond donors (Lipinski definition) is 3. The van der Waals surface area contributed by atoms with E-state index in [4.69, 9.17) is 5.11 Å². The molecule has 0 aromatic carbocycles. The van der Waals surface area contributed by atoms with Gasteiger partial charge >= 0.3 is 0 Å². The molecule has 0 saturated heterocycles. The molecule has 1 rings (SSSR count). The van der Waals surface area contributed by atoms with Crippen molar-refractivity contribution in [1.82, 2.24) is 10.2 Å². The normalized spacial score (nSPS) is 13.4. The van der Waals surface area contributed by atoms with Crippen LogP contribution in [-0.4, -0.2) is 21.4 Å². The lowest BCUT2D eigenvalue weighted by molar-refractivity contribution is 0.195. The van der Waals surface area contributed by atoms with E-state index in [1.165, 1.54) is 0 Å². The van der Waals surface area contributed by atoms with E-state index in [0.717, 1.165) is 5.69 Å². The predicted octanol–water partition coefficient (Wildman–Crippen LogP) is -0.0653. The van der Waals surface area contributed by atoms with E-state index in [0.29, 0.717) is 12.0 Å². The lowest BCUT2D eigenvalue weighted by Crippen LogP contribution is -2.13. The molecule has 0 fully saturated rings. The summed E-state index contributed by atoms with van der Waals surface area (Å²) in [7, 11) is 0. The van der Waals surface area contributed by atoms with Crippen molar-refractivity contribution < 1.29 is 5.11 Å². The summed E-state index contributed by atoms with van der Waals surface area (Å²) >= 11 is 0. The van der Waals surface area contributed by atoms with E-state index < -0.39 is 6.10 Å². The molecule has 4 heteroatoms. The molecule has 0 amide bonds. The van der Waals surface area contributed by atoms with Gasteiger partial charge in [0.05, 0.1) is 6.10 Å². The van der Waals surface area contributed by atoms with Gasteiger partial charge in [0.2, 0.25) is 0 Å². The van der Waals surface area contributed by atoms with Crippen molar-refractivity contribution in [1.29, 1.82) is 0 Å². The molecule has 0 radical (unpaired) electrons. The molecule has 4 nitrogen and oxygen atoms in total. The Bertz CT molecular complexity index is 285. The fraction of sp³-hybridized carbons (Fsp3) is 0.571. The largest absolute Gasteiger partial charge is 0.393 e. The van der Waals surface area contributed by atoms with Crippen molar-refractivity contribution in [2.45, 2.75) is 26.4 Å². The zero-order valence-corrected chi connectivity index (χ0v) is 6.64. The molecular formula is C7H12N2O2. The quantitative estimate of drug-likeness (QED) is 0.561. The zero-order chi connectivity index (χ0) is 8.43. The summed E-state index contributed by atoms with van der Waals surface area (Å²) < 4.78 is 0. The smallest absolute Gasteiger partial charge is 0.267 e. The van der Waals surface area contributed by atoms with Crippen molar-refractivity contribution in [3.05, 3.63) is 21.6 Å². The Kier molecular flexibility index (Phi) is 2.14. The van der Waals surface area contributed by atoms with Crippen LogP contribution in [0.3, 0.4) is 0 Å². The van der Waals surface area contributed by atoms with E-state index in [1.807, 2.05) is 0 Å². The average Bonchev–Trinajstić information content (AvgIpc) is 2.18. The number of hydrogen-bond acceptors (Lipinski definition) is 2. The van der Waals surface area contributed by atoms with Gasteiger partial charge in [-0.15, -0.1) is 0 Å². The lowest BCUT2D eigenvalue weighted by atomic mass is 10.1. The molecule has 1 aromatic rings. The lowest BCUT2D eigenvalue weighted by Gasteiger charge is -1.99. The zero-order valence-electron chi connectivity index (χ0n) is 6.64. The Balaban J connectivity index is 2.92. The van der Waals surface area contributed by atoms with E-state index >= 15 is 0 Å². The highest BCUT2D eigenvalue weighted by Crippen LogP contribution is 2.00. The van der Waals surface area contributed by atoms with Crippen LogP contribution in [-0.2, 0) is 6.42 Å². The summed E-state index contributed by atoms with van der Waals surface area (Å²) in [6.07, 6.45) is -0.0596. The Morgan fingerprint density at radius 3 is 2.55 bits per heavy atom. The molecular weight excluding hydrogens is 144 g/mol. The monoisotopic (exact) mass is 156 g/mol. The average molecular weight is 156 g/mol. The molecule has 0 aliphatic carbocycles. The summed E-state index contributed by atoms with van der Waals surface area (Å²) in [5.41, 5.74) is 1.30. The number of aromatic amines is 2. The van der Waals surface area contributed by atoms with Crippen LogP contribution in [0.5, 0.6) is 0 Å². The number of aliphatic hydroxyl groups excluding tert-OH is 1. The Morgan fingerprint density at radius 2 is 2.18 bits per heavy atom. The summed E-state index contributed by atoms with van der Waals surface area (Å²) in [5.74, 6) is 0. The highest BCUT2D eigenvalue weighted by molar-refractivity contribution is 5.15. The SMILES string of the molecule is Cc1[nH][nH]c(=O)c1CC(C)O. The molecule has 1 aromatic heterocycles. The maximum absolute atomic E-state index is 11.0. The van der Waals surface area contributed by atoms with Crippen molar-refractivity contribution in [2.24, 2.45) is 0 Å². The minimum absolute atomic E-state index is 0.136. The van der Waals surface area contributed by atoms with Gasteiger partial charge in [-0.25, -0.2) is 0 Å². The Morgan fingerprint density at radius 1 is 1.55 bits per heavy atom. The maximum atomic E-state index is 11.0. The Hall–Kier alpha value is -1.03. The molecule has 62 valence electrons. The van der Waals surface area contributed by atoms with Crippen LogP contribution in [0.25, 0.3) is 0 Å². The maximum Gasteiger partial charge on any atom is 0.267 e. The van der Waals surface area contributed by atoms with E-state index in [9.17, 15) is 4.79 Å². The first-order valence-corrected chi connectivity index (χ1v) is 3.55. The second kappa shape index (κ2) is 2.92. The van der Waals surface area contributed by atoms with E-state index in [-0.39, 0.29) is 5.56 Å². The van der Waals surface area contributed by atoms with Crippen LogP contribution < -0.4 is 5.56 Å². The standard InChI is InChI=1S/C7H12N2O2/c1-4(10)3-6-5(2)8-9-7(6)11/h4,10H,3H2,1-2H3,(H2,8,9,11). The summed E-state index contributed by atoms with van der Waals surface area (Å²) in [6, 6.07) is 0. The molecule has 11 heavy (non-hydrogen) atoms. The van der Waals surface area contributed by atoms with Crippen molar-refractivity contribution >= 4 is 0 Å². The molecule has 1 heterocycles. The molecule has 0 spiro atoms. The van der Waals surface area contributed by atoms with Gasteiger partial charge in [0, 0.05) is 17.7 Å². The number of rotatable bonds is 2. The summed E-state index contributed by atoms with van der Waals surface area (Å²) in [5, 5.41) is 14.2. The number of aryl methyl sites for hydroxylation is 1. The first-order valence-electron chi connectivity index (χ1n) is 3.55. The van der Waals surface area contributed by atoms with Crippen molar-refractivity contribution in [3.8, 4) is 0 Å². The van der Waals surface area contributed by atoms with Crippen LogP contribution >= 0.6 is 0 Å². The molecule has 0 aliphatic rings. The van der Waals surface area contributed by atoms with Gasteiger partial charge in [-0.1, -0.05) is 0 Å². The van der Waals surface area contributed by atoms with Gasteiger partial charge < -0.3 is 10.2 Å². The van der Waals surface area contributed by atoms with Crippen LogP contribution in [0.1, 0.15) is 18.2 Å². The van der Waals surface area contributed by atoms with Gasteiger partial charge in [0.15, 0.2) is 0 Å². The third-order valence-electron chi connectivity index (χ3n) is 1.59. The molecule has 1 unspecified atom stereocenters. The minimum Gasteiger partial charge on any atom is -0.393 e. The third-order valence-corrected chi connectivity index (χ3v) is 1.59. The molecule has 0 bridgehead atoms. The van der Waals surface area contributed by atoms with Gasteiger partial charge in [-0.2, -0.15) is 0 Å². The van der Waals surface area contributed by atoms with Crippen LogP contribution in [0.15, 0.2) is 4.79 Å². The second-order valence-electron chi connectivity index (χ2n) is 2.74. The molecule has 0 aliphatic heterocycles. The van der Waals surface area contributed by atoms with Crippen LogP contribution in [0.2, 0.25) is 0 Å². The van der Waals surface area contributed by atoms with Gasteiger partial charge in [0.1, 0.15) is 0 Å². The van der Waals surface area contributed by atoms with Crippen molar-refractivity contribution in [2.75, 3.05) is 0 Å². The third kappa shape index (κ3) is 1.71. The predicted molar refractivity (Wildman–Crippen MR) is 41.5 cm³/mol. The fourth-order valence-electron chi connectivity index (χ4n) is 1.01. The highest BCUT2D eigenvalue weighted by atomic mass is 16.3.